The van der Waals surface area contributed by atoms with Crippen LogP contribution in [-0.2, 0) is 9.59 Å². The van der Waals surface area contributed by atoms with Crippen molar-refractivity contribution in [3.8, 4) is 0 Å². The number of aryl methyl sites for hydroxylation is 1. The molecule has 0 atom stereocenters. The number of rotatable bonds is 4. The Morgan fingerprint density at radius 3 is 2.17 bits per heavy atom. The largest absolute Gasteiger partial charge is 0.325 e. The maximum atomic E-state index is 13.7. The van der Waals surface area contributed by atoms with Crippen molar-refractivity contribution in [3.05, 3.63) is 58.3 Å². The number of carbonyl (C=O) groups excluding carboxylic acids is 2. The molecule has 0 aliphatic rings. The first-order valence-corrected chi connectivity index (χ1v) is 8.14. The number of carbonyl (C=O) groups is 2. The summed E-state index contributed by atoms with van der Waals surface area (Å²) in [6.45, 7) is 4.84. The summed E-state index contributed by atoms with van der Waals surface area (Å²) in [5.74, 6) is -1.60. The van der Waals surface area contributed by atoms with Crippen molar-refractivity contribution < 1.29 is 14.0 Å². The number of benzene rings is 2. The van der Waals surface area contributed by atoms with E-state index in [0.29, 0.717) is 5.69 Å². The van der Waals surface area contributed by atoms with E-state index in [2.05, 4.69) is 26.6 Å². The molecule has 0 saturated carbocycles. The first-order chi connectivity index (χ1) is 11.2. The van der Waals surface area contributed by atoms with Crippen LogP contribution in [0.2, 0.25) is 0 Å². The zero-order valence-electron chi connectivity index (χ0n) is 13.6. The highest BCUT2D eigenvalue weighted by molar-refractivity contribution is 9.10. The van der Waals surface area contributed by atoms with Crippen LogP contribution >= 0.6 is 15.9 Å². The molecule has 0 unspecified atom stereocenters. The zero-order chi connectivity index (χ0) is 17.9. The van der Waals surface area contributed by atoms with Gasteiger partial charge in [0.25, 0.3) is 0 Å². The average Bonchev–Trinajstić information content (AvgIpc) is 2.52. The molecule has 0 bridgehead atoms. The van der Waals surface area contributed by atoms with Crippen LogP contribution in [0.3, 0.4) is 0 Å². The monoisotopic (exact) mass is 392 g/mol. The standard InChI is InChI=1S/C18H18BrFN2O2/c1-11-10-12(19)8-9-14(11)21-16(23)18(2,3)17(24)22-15-7-5-4-6-13(15)20/h4-10H,1-3H3,(H,21,23)(H,22,24). The van der Waals surface area contributed by atoms with E-state index < -0.39 is 23.0 Å². The van der Waals surface area contributed by atoms with Crippen molar-refractivity contribution in [1.82, 2.24) is 0 Å². The Morgan fingerprint density at radius 1 is 1.00 bits per heavy atom. The molecule has 2 aromatic carbocycles. The van der Waals surface area contributed by atoms with Gasteiger partial charge in [-0.1, -0.05) is 28.1 Å². The predicted molar refractivity (Wildman–Crippen MR) is 96.3 cm³/mol. The number of hydrogen-bond acceptors (Lipinski definition) is 2. The molecule has 0 aromatic heterocycles. The van der Waals surface area contributed by atoms with Crippen molar-refractivity contribution in [3.63, 3.8) is 0 Å². The maximum absolute atomic E-state index is 13.7. The molecule has 2 aromatic rings. The fraction of sp³-hybridized carbons (Fsp3) is 0.222. The summed E-state index contributed by atoms with van der Waals surface area (Å²) < 4.78 is 14.6. The Labute approximate surface area is 148 Å². The third kappa shape index (κ3) is 4.00. The molecule has 0 heterocycles. The second kappa shape index (κ2) is 7.13. The lowest BCUT2D eigenvalue weighted by atomic mass is 9.90. The Morgan fingerprint density at radius 2 is 1.58 bits per heavy atom. The van der Waals surface area contributed by atoms with Gasteiger partial charge in [0.2, 0.25) is 11.8 Å². The van der Waals surface area contributed by atoms with E-state index >= 15 is 0 Å². The summed E-state index contributed by atoms with van der Waals surface area (Å²) in [5.41, 5.74) is 0.156. The lowest BCUT2D eigenvalue weighted by Gasteiger charge is -2.23. The van der Waals surface area contributed by atoms with Gasteiger partial charge in [0.05, 0.1) is 5.69 Å². The summed E-state index contributed by atoms with van der Waals surface area (Å²) in [4.78, 5) is 24.9. The Bertz CT molecular complexity index is 790. The molecule has 0 spiro atoms. The van der Waals surface area contributed by atoms with Crippen molar-refractivity contribution in [2.24, 2.45) is 5.41 Å². The Balaban J connectivity index is 2.14. The van der Waals surface area contributed by atoms with Crippen LogP contribution in [0.5, 0.6) is 0 Å². The van der Waals surface area contributed by atoms with Gasteiger partial charge in [-0.25, -0.2) is 4.39 Å². The van der Waals surface area contributed by atoms with Crippen molar-refractivity contribution in [2.45, 2.75) is 20.8 Å². The van der Waals surface area contributed by atoms with Crippen LogP contribution in [0, 0.1) is 18.2 Å². The fourth-order valence-electron chi connectivity index (χ4n) is 1.99. The molecule has 0 saturated heterocycles. The first-order valence-electron chi connectivity index (χ1n) is 7.35. The topological polar surface area (TPSA) is 58.2 Å². The SMILES string of the molecule is Cc1cc(Br)ccc1NC(=O)C(C)(C)C(=O)Nc1ccccc1F. The molecule has 2 N–H and O–H groups in total. The molecule has 2 amide bonds. The normalized spacial score (nSPS) is 11.0. The fourth-order valence-corrected chi connectivity index (χ4v) is 2.47. The number of para-hydroxylation sites is 1. The maximum Gasteiger partial charge on any atom is 0.239 e. The van der Waals surface area contributed by atoms with Gasteiger partial charge in [-0.05, 0) is 56.7 Å². The van der Waals surface area contributed by atoms with Gasteiger partial charge in [0.15, 0.2) is 0 Å². The van der Waals surface area contributed by atoms with Gasteiger partial charge in [0, 0.05) is 10.2 Å². The molecule has 126 valence electrons. The molecule has 24 heavy (non-hydrogen) atoms. The molecule has 4 nitrogen and oxygen atoms in total. The third-order valence-electron chi connectivity index (χ3n) is 3.69. The summed E-state index contributed by atoms with van der Waals surface area (Å²) in [5, 5.41) is 5.20. The quantitative estimate of drug-likeness (QED) is 0.752. The van der Waals surface area contributed by atoms with Gasteiger partial charge < -0.3 is 10.6 Å². The minimum Gasteiger partial charge on any atom is -0.325 e. The van der Waals surface area contributed by atoms with Gasteiger partial charge in [-0.2, -0.15) is 0 Å². The van der Waals surface area contributed by atoms with Crippen molar-refractivity contribution in [2.75, 3.05) is 10.6 Å². The highest BCUT2D eigenvalue weighted by Crippen LogP contribution is 2.25. The number of anilines is 2. The lowest BCUT2D eigenvalue weighted by Crippen LogP contribution is -2.41. The van der Waals surface area contributed by atoms with Crippen LogP contribution in [-0.4, -0.2) is 11.8 Å². The lowest BCUT2D eigenvalue weighted by molar-refractivity contribution is -0.135. The number of amides is 2. The predicted octanol–water partition coefficient (Wildman–Crippen LogP) is 4.50. The van der Waals surface area contributed by atoms with Crippen LogP contribution in [0.25, 0.3) is 0 Å². The van der Waals surface area contributed by atoms with E-state index in [1.54, 1.807) is 18.2 Å². The smallest absolute Gasteiger partial charge is 0.239 e. The number of nitrogens with one attached hydrogen (secondary N) is 2. The molecular weight excluding hydrogens is 375 g/mol. The number of halogens is 2. The second-order valence-corrected chi connectivity index (χ2v) is 6.89. The van der Waals surface area contributed by atoms with E-state index in [0.717, 1.165) is 10.0 Å². The van der Waals surface area contributed by atoms with Crippen LogP contribution in [0.15, 0.2) is 46.9 Å². The minimum absolute atomic E-state index is 0.0446. The average molecular weight is 393 g/mol. The van der Waals surface area contributed by atoms with E-state index in [9.17, 15) is 14.0 Å². The molecule has 0 aliphatic carbocycles. The van der Waals surface area contributed by atoms with Gasteiger partial charge in [-0.3, -0.25) is 9.59 Å². The molecule has 6 heteroatoms. The highest BCUT2D eigenvalue weighted by atomic mass is 79.9. The van der Waals surface area contributed by atoms with E-state index in [4.69, 9.17) is 0 Å². The minimum atomic E-state index is -1.37. The summed E-state index contributed by atoms with van der Waals surface area (Å²) in [6.07, 6.45) is 0. The van der Waals surface area contributed by atoms with E-state index in [1.807, 2.05) is 13.0 Å². The van der Waals surface area contributed by atoms with Crippen LogP contribution in [0.1, 0.15) is 19.4 Å². The Hall–Kier alpha value is -2.21. The molecule has 2 rings (SSSR count). The van der Waals surface area contributed by atoms with Gasteiger partial charge >= 0.3 is 0 Å². The molecule has 0 radical (unpaired) electrons. The number of hydrogen-bond donors (Lipinski definition) is 2. The zero-order valence-corrected chi connectivity index (χ0v) is 15.2. The van der Waals surface area contributed by atoms with Gasteiger partial charge in [0.1, 0.15) is 11.2 Å². The second-order valence-electron chi connectivity index (χ2n) is 5.97. The van der Waals surface area contributed by atoms with Gasteiger partial charge in [-0.15, -0.1) is 0 Å². The summed E-state index contributed by atoms with van der Waals surface area (Å²) in [7, 11) is 0. The van der Waals surface area contributed by atoms with E-state index in [-0.39, 0.29) is 5.69 Å². The molecular formula is C18H18BrFN2O2. The molecule has 0 aliphatic heterocycles. The first kappa shape index (κ1) is 18.1. The third-order valence-corrected chi connectivity index (χ3v) is 4.19. The summed E-state index contributed by atoms with van der Waals surface area (Å²) >= 11 is 3.36. The van der Waals surface area contributed by atoms with Crippen LogP contribution in [0.4, 0.5) is 15.8 Å². The van der Waals surface area contributed by atoms with Crippen molar-refractivity contribution in [1.29, 1.82) is 0 Å². The molecule has 0 fully saturated rings. The van der Waals surface area contributed by atoms with Crippen LogP contribution < -0.4 is 10.6 Å². The van der Waals surface area contributed by atoms with E-state index in [1.165, 1.54) is 32.0 Å². The Kier molecular flexibility index (Phi) is 5.39. The summed E-state index contributed by atoms with van der Waals surface area (Å²) in [6, 6.07) is 11.2. The van der Waals surface area contributed by atoms with Crippen molar-refractivity contribution >= 4 is 39.1 Å². The highest BCUT2D eigenvalue weighted by Gasteiger charge is 2.36.